The molecule has 5 nitrogen and oxygen atoms in total. The summed E-state index contributed by atoms with van der Waals surface area (Å²) in [5, 5.41) is 6.96. The van der Waals surface area contributed by atoms with Crippen LogP contribution in [-0.4, -0.2) is 16.8 Å². The molecule has 1 atom stereocenters. The predicted molar refractivity (Wildman–Crippen MR) is 122 cm³/mol. The van der Waals surface area contributed by atoms with Crippen molar-refractivity contribution >= 4 is 45.6 Å². The van der Waals surface area contributed by atoms with E-state index >= 15 is 0 Å². The van der Waals surface area contributed by atoms with Crippen molar-refractivity contribution < 1.29 is 9.59 Å². The Morgan fingerprint density at radius 3 is 2.53 bits per heavy atom. The molecule has 1 aliphatic rings. The molecule has 1 aromatic heterocycles. The number of nitrogens with zero attached hydrogens (tertiary/aromatic N) is 1. The lowest BCUT2D eigenvalue weighted by Crippen LogP contribution is -2.24. The molecule has 0 spiro atoms. The Hall–Kier alpha value is -2.70. The van der Waals surface area contributed by atoms with Gasteiger partial charge in [-0.2, -0.15) is 0 Å². The van der Waals surface area contributed by atoms with Gasteiger partial charge in [0.05, 0.1) is 11.6 Å². The third-order valence-corrected chi connectivity index (χ3v) is 6.53. The zero-order valence-corrected chi connectivity index (χ0v) is 18.1. The van der Waals surface area contributed by atoms with Crippen LogP contribution in [0.15, 0.2) is 48.5 Å². The lowest BCUT2D eigenvalue weighted by Gasteiger charge is -2.20. The van der Waals surface area contributed by atoms with Crippen molar-refractivity contribution in [1.82, 2.24) is 4.98 Å². The van der Waals surface area contributed by atoms with Crippen LogP contribution in [0.1, 0.15) is 52.2 Å². The summed E-state index contributed by atoms with van der Waals surface area (Å²) in [7, 11) is 0. The molecule has 4 rings (SSSR count). The number of hydrogen-bond donors (Lipinski definition) is 2. The van der Waals surface area contributed by atoms with Crippen molar-refractivity contribution in [2.24, 2.45) is 0 Å². The minimum absolute atomic E-state index is 0.0546. The van der Waals surface area contributed by atoms with E-state index in [1.54, 1.807) is 24.3 Å². The van der Waals surface area contributed by atoms with Crippen LogP contribution in [0, 0.1) is 0 Å². The molecule has 0 bridgehead atoms. The molecule has 0 radical (unpaired) electrons. The van der Waals surface area contributed by atoms with Crippen LogP contribution in [0.25, 0.3) is 0 Å². The molecule has 30 heavy (non-hydrogen) atoms. The van der Waals surface area contributed by atoms with Crippen molar-refractivity contribution in [2.75, 3.05) is 10.6 Å². The van der Waals surface area contributed by atoms with Crippen molar-refractivity contribution in [3.05, 3.63) is 75.3 Å². The van der Waals surface area contributed by atoms with Crippen LogP contribution in [0.2, 0.25) is 5.02 Å². The first kappa shape index (κ1) is 20.6. The average Bonchev–Trinajstić information content (AvgIpc) is 3.17. The van der Waals surface area contributed by atoms with Gasteiger partial charge in [-0.05, 0) is 67.6 Å². The van der Waals surface area contributed by atoms with Gasteiger partial charge in [0.1, 0.15) is 0 Å². The van der Waals surface area contributed by atoms with Gasteiger partial charge in [-0.15, -0.1) is 11.3 Å². The molecular weight excluding hydrogens is 418 g/mol. The SMILES string of the molecule is CCc1ccc(NC(=O)C2CCCc3sc(NC(=O)c4ccc(Cl)cc4)nc32)cc1. The van der Waals surface area contributed by atoms with Crippen LogP contribution in [0.4, 0.5) is 10.8 Å². The van der Waals surface area contributed by atoms with Crippen molar-refractivity contribution in [2.45, 2.75) is 38.5 Å². The number of carbonyl (C=O) groups excluding carboxylic acids is 2. The Kier molecular flexibility index (Phi) is 6.16. The molecule has 1 heterocycles. The Balaban J connectivity index is 1.48. The highest BCUT2D eigenvalue weighted by Crippen LogP contribution is 2.37. The molecule has 154 valence electrons. The van der Waals surface area contributed by atoms with Gasteiger partial charge in [0.15, 0.2) is 5.13 Å². The van der Waals surface area contributed by atoms with Gasteiger partial charge < -0.3 is 5.32 Å². The number of thiazole rings is 1. The number of rotatable bonds is 5. The second-order valence-corrected chi connectivity index (χ2v) is 8.79. The Labute approximate surface area is 184 Å². The highest BCUT2D eigenvalue weighted by Gasteiger charge is 2.30. The fourth-order valence-electron chi connectivity index (χ4n) is 3.55. The Bertz CT molecular complexity index is 1060. The minimum atomic E-state index is -0.308. The molecule has 0 saturated heterocycles. The Morgan fingerprint density at radius 1 is 1.10 bits per heavy atom. The molecule has 2 N–H and O–H groups in total. The van der Waals surface area contributed by atoms with E-state index in [-0.39, 0.29) is 17.7 Å². The summed E-state index contributed by atoms with van der Waals surface area (Å²) in [6.07, 6.45) is 3.51. The van der Waals surface area contributed by atoms with Crippen LogP contribution < -0.4 is 10.6 Å². The van der Waals surface area contributed by atoms with Crippen LogP contribution in [-0.2, 0) is 17.6 Å². The number of fused-ring (bicyclic) bond motifs is 1. The summed E-state index contributed by atoms with van der Waals surface area (Å²) in [6, 6.07) is 14.6. The Morgan fingerprint density at radius 2 is 1.83 bits per heavy atom. The van der Waals surface area contributed by atoms with Gasteiger partial charge in [-0.3, -0.25) is 14.9 Å². The number of anilines is 2. The van der Waals surface area contributed by atoms with E-state index in [1.165, 1.54) is 16.9 Å². The second-order valence-electron chi connectivity index (χ2n) is 7.27. The first-order chi connectivity index (χ1) is 14.5. The van der Waals surface area contributed by atoms with Crippen LogP contribution in [0.3, 0.4) is 0 Å². The number of aryl methyl sites for hydroxylation is 2. The van der Waals surface area contributed by atoms with Gasteiger partial charge >= 0.3 is 0 Å². The van der Waals surface area contributed by atoms with E-state index in [0.717, 1.165) is 41.9 Å². The second kappa shape index (κ2) is 8.98. The number of benzene rings is 2. The largest absolute Gasteiger partial charge is 0.326 e. The molecule has 3 aromatic rings. The quantitative estimate of drug-likeness (QED) is 0.538. The molecule has 1 unspecified atom stereocenters. The standard InChI is InChI=1S/C23H22ClN3O2S/c1-2-14-6-12-17(13-7-14)25-22(29)18-4-3-5-19-20(18)26-23(30-19)27-21(28)15-8-10-16(24)11-9-15/h6-13,18H,2-5H2,1H3,(H,25,29)(H,26,27,28). The summed E-state index contributed by atoms with van der Waals surface area (Å²) < 4.78 is 0. The fourth-order valence-corrected chi connectivity index (χ4v) is 4.74. The first-order valence-corrected chi connectivity index (χ1v) is 11.2. The first-order valence-electron chi connectivity index (χ1n) is 10.00. The summed E-state index contributed by atoms with van der Waals surface area (Å²) in [6.45, 7) is 2.10. The van der Waals surface area contributed by atoms with Crippen LogP contribution in [0.5, 0.6) is 0 Å². The summed E-state index contributed by atoms with van der Waals surface area (Å²) in [4.78, 5) is 31.1. The predicted octanol–water partition coefficient (Wildman–Crippen LogP) is 5.67. The van der Waals surface area contributed by atoms with Gasteiger partial charge in [-0.1, -0.05) is 30.7 Å². The monoisotopic (exact) mass is 439 g/mol. The molecule has 0 fully saturated rings. The van der Waals surface area contributed by atoms with E-state index in [0.29, 0.717) is 15.7 Å². The fraction of sp³-hybridized carbons (Fsp3) is 0.261. The molecule has 0 aliphatic heterocycles. The molecule has 1 aliphatic carbocycles. The van der Waals surface area contributed by atoms with E-state index in [9.17, 15) is 9.59 Å². The molecule has 7 heteroatoms. The van der Waals surface area contributed by atoms with Gasteiger partial charge in [0.25, 0.3) is 5.91 Å². The van der Waals surface area contributed by atoms with Gasteiger partial charge in [-0.25, -0.2) is 4.98 Å². The van der Waals surface area contributed by atoms with Crippen molar-refractivity contribution in [3.8, 4) is 0 Å². The summed E-state index contributed by atoms with van der Waals surface area (Å²) in [5.74, 6) is -0.604. The van der Waals surface area contributed by atoms with Crippen molar-refractivity contribution in [1.29, 1.82) is 0 Å². The lowest BCUT2D eigenvalue weighted by atomic mass is 9.90. The number of aromatic nitrogens is 1. The third-order valence-electron chi connectivity index (χ3n) is 5.23. The smallest absolute Gasteiger partial charge is 0.257 e. The van der Waals surface area contributed by atoms with E-state index < -0.39 is 0 Å². The summed E-state index contributed by atoms with van der Waals surface area (Å²) in [5.41, 5.74) is 3.31. The zero-order chi connectivity index (χ0) is 21.1. The average molecular weight is 440 g/mol. The molecule has 2 aromatic carbocycles. The minimum Gasteiger partial charge on any atom is -0.326 e. The maximum atomic E-state index is 12.9. The normalized spacial score (nSPS) is 15.3. The zero-order valence-electron chi connectivity index (χ0n) is 16.6. The number of amides is 2. The molecule has 2 amide bonds. The van der Waals surface area contributed by atoms with E-state index in [4.69, 9.17) is 11.6 Å². The number of nitrogens with one attached hydrogen (secondary N) is 2. The molecular formula is C23H22ClN3O2S. The van der Waals surface area contributed by atoms with Gasteiger partial charge in [0.2, 0.25) is 5.91 Å². The van der Waals surface area contributed by atoms with Crippen LogP contribution >= 0.6 is 22.9 Å². The third kappa shape index (κ3) is 4.55. The van der Waals surface area contributed by atoms with Gasteiger partial charge in [0, 0.05) is 21.2 Å². The van der Waals surface area contributed by atoms with E-state index in [2.05, 4.69) is 22.5 Å². The number of hydrogen-bond acceptors (Lipinski definition) is 4. The highest BCUT2D eigenvalue weighted by atomic mass is 35.5. The maximum absolute atomic E-state index is 12.9. The van der Waals surface area contributed by atoms with Crippen molar-refractivity contribution in [3.63, 3.8) is 0 Å². The number of carbonyl (C=O) groups is 2. The lowest BCUT2D eigenvalue weighted by molar-refractivity contribution is -0.117. The number of halogens is 1. The molecule has 0 saturated carbocycles. The highest BCUT2D eigenvalue weighted by molar-refractivity contribution is 7.16. The van der Waals surface area contributed by atoms with E-state index in [1.807, 2.05) is 24.3 Å². The topological polar surface area (TPSA) is 71.1 Å². The maximum Gasteiger partial charge on any atom is 0.257 e. The summed E-state index contributed by atoms with van der Waals surface area (Å²) >= 11 is 7.33.